The molecule has 0 bridgehead atoms. The fraction of sp³-hybridized carbons (Fsp3) is 0.600. The molecule has 1 aliphatic rings. The third-order valence-corrected chi connectivity index (χ3v) is 6.22. The zero-order chi connectivity index (χ0) is 18.1. The van der Waals surface area contributed by atoms with E-state index in [0.717, 1.165) is 12.1 Å². The number of hydrogen-bond acceptors (Lipinski definition) is 3. The molecule has 24 heavy (non-hydrogen) atoms. The fourth-order valence-electron chi connectivity index (χ4n) is 2.68. The van der Waals surface area contributed by atoms with Crippen molar-refractivity contribution >= 4 is 26.0 Å². The number of nitrogens with one attached hydrogen (secondary N) is 2. The first-order valence-electron chi connectivity index (χ1n) is 7.66. The average Bonchev–Trinajstić information content (AvgIpc) is 2.45. The first-order chi connectivity index (χ1) is 11.0. The number of sulfonamides is 1. The van der Waals surface area contributed by atoms with Gasteiger partial charge in [0.1, 0.15) is 0 Å². The van der Waals surface area contributed by atoms with Gasteiger partial charge in [-0.1, -0.05) is 29.8 Å². The SMILES string of the molecule is CC(C)c1cc(C(F)(F)F)c(S(=O)(=O)NC2CCNCC2)cc1Br. The number of rotatable bonds is 4. The molecule has 0 atom stereocenters. The summed E-state index contributed by atoms with van der Waals surface area (Å²) in [5.74, 6) is -0.172. The van der Waals surface area contributed by atoms with Gasteiger partial charge in [0.15, 0.2) is 0 Å². The van der Waals surface area contributed by atoms with Gasteiger partial charge >= 0.3 is 6.18 Å². The van der Waals surface area contributed by atoms with Crippen LogP contribution in [0.2, 0.25) is 0 Å². The Hall–Kier alpha value is -0.640. The van der Waals surface area contributed by atoms with Gasteiger partial charge in [0, 0.05) is 10.5 Å². The Kier molecular flexibility index (Phi) is 5.99. The number of alkyl halides is 3. The van der Waals surface area contributed by atoms with Crippen LogP contribution in [0, 0.1) is 0 Å². The van der Waals surface area contributed by atoms with Crippen molar-refractivity contribution in [1.82, 2.24) is 10.0 Å². The molecule has 1 aliphatic heterocycles. The highest BCUT2D eigenvalue weighted by atomic mass is 79.9. The second-order valence-corrected chi connectivity index (χ2v) is 8.70. The summed E-state index contributed by atoms with van der Waals surface area (Å²) in [5, 5.41) is 3.08. The lowest BCUT2D eigenvalue weighted by Gasteiger charge is -2.25. The highest BCUT2D eigenvalue weighted by Crippen LogP contribution is 2.39. The maximum absolute atomic E-state index is 13.4. The highest BCUT2D eigenvalue weighted by Gasteiger charge is 2.39. The average molecular weight is 429 g/mol. The van der Waals surface area contributed by atoms with Crippen LogP contribution in [0.4, 0.5) is 13.2 Å². The van der Waals surface area contributed by atoms with E-state index in [-0.39, 0.29) is 12.0 Å². The van der Waals surface area contributed by atoms with Crippen molar-refractivity contribution in [3.63, 3.8) is 0 Å². The van der Waals surface area contributed by atoms with Gasteiger partial charge in [0.05, 0.1) is 10.5 Å². The molecular weight excluding hydrogens is 409 g/mol. The summed E-state index contributed by atoms with van der Waals surface area (Å²) in [7, 11) is -4.27. The number of piperidine rings is 1. The molecule has 1 aromatic carbocycles. The Bertz CT molecular complexity index is 699. The molecule has 0 amide bonds. The van der Waals surface area contributed by atoms with Gasteiger partial charge in [-0.3, -0.25) is 0 Å². The van der Waals surface area contributed by atoms with Crippen LogP contribution in [0.25, 0.3) is 0 Å². The van der Waals surface area contributed by atoms with E-state index in [0.29, 0.717) is 36.0 Å². The summed E-state index contributed by atoms with van der Waals surface area (Å²) >= 11 is 3.20. The Labute approximate surface area is 148 Å². The molecule has 0 aromatic heterocycles. The molecule has 1 saturated heterocycles. The van der Waals surface area contributed by atoms with Crippen LogP contribution < -0.4 is 10.0 Å². The van der Waals surface area contributed by atoms with Crippen LogP contribution in [-0.2, 0) is 16.2 Å². The van der Waals surface area contributed by atoms with Gasteiger partial charge in [0.25, 0.3) is 0 Å². The fourth-order valence-corrected chi connectivity index (χ4v) is 5.17. The van der Waals surface area contributed by atoms with Crippen LogP contribution in [0.3, 0.4) is 0 Å². The Balaban J connectivity index is 2.49. The monoisotopic (exact) mass is 428 g/mol. The normalized spacial score (nSPS) is 17.5. The predicted octanol–water partition coefficient (Wildman–Crippen LogP) is 3.62. The minimum Gasteiger partial charge on any atom is -0.317 e. The third-order valence-electron chi connectivity index (χ3n) is 3.98. The second-order valence-electron chi connectivity index (χ2n) is 6.17. The molecule has 0 unspecified atom stereocenters. The highest BCUT2D eigenvalue weighted by molar-refractivity contribution is 9.10. The molecule has 0 radical (unpaired) electrons. The first kappa shape index (κ1) is 19.7. The molecule has 4 nitrogen and oxygen atoms in total. The van der Waals surface area contributed by atoms with E-state index in [1.165, 1.54) is 0 Å². The Morgan fingerprint density at radius 2 is 1.83 bits per heavy atom. The standard InChI is InChI=1S/C15H20BrF3N2O2S/c1-9(2)11-7-12(15(17,18)19)14(8-13(11)16)24(22,23)21-10-3-5-20-6-4-10/h7-10,20-21H,3-6H2,1-2H3. The zero-order valence-electron chi connectivity index (χ0n) is 13.4. The van der Waals surface area contributed by atoms with Crippen molar-refractivity contribution < 1.29 is 21.6 Å². The van der Waals surface area contributed by atoms with E-state index in [4.69, 9.17) is 0 Å². The maximum Gasteiger partial charge on any atom is 0.417 e. The predicted molar refractivity (Wildman–Crippen MR) is 89.4 cm³/mol. The lowest BCUT2D eigenvalue weighted by molar-refractivity contribution is -0.140. The summed E-state index contributed by atoms with van der Waals surface area (Å²) < 4.78 is 68.1. The molecule has 136 valence electrons. The largest absolute Gasteiger partial charge is 0.417 e. The van der Waals surface area contributed by atoms with Crippen molar-refractivity contribution in [2.75, 3.05) is 13.1 Å². The van der Waals surface area contributed by atoms with E-state index < -0.39 is 26.7 Å². The van der Waals surface area contributed by atoms with Crippen LogP contribution in [0.1, 0.15) is 43.7 Å². The summed E-state index contributed by atoms with van der Waals surface area (Å²) in [6.45, 7) is 4.77. The van der Waals surface area contributed by atoms with Gasteiger partial charge in [-0.2, -0.15) is 13.2 Å². The molecule has 2 N–H and O–H groups in total. The Morgan fingerprint density at radius 3 is 2.33 bits per heavy atom. The molecule has 0 aliphatic carbocycles. The van der Waals surface area contributed by atoms with Crippen molar-refractivity contribution in [1.29, 1.82) is 0 Å². The minimum atomic E-state index is -4.75. The lowest BCUT2D eigenvalue weighted by Crippen LogP contribution is -2.43. The number of benzene rings is 1. The van der Waals surface area contributed by atoms with Crippen molar-refractivity contribution in [2.45, 2.75) is 49.7 Å². The Morgan fingerprint density at radius 1 is 1.25 bits per heavy atom. The van der Waals surface area contributed by atoms with Crippen LogP contribution in [0.5, 0.6) is 0 Å². The van der Waals surface area contributed by atoms with E-state index >= 15 is 0 Å². The van der Waals surface area contributed by atoms with Gasteiger partial charge in [-0.05, 0) is 49.5 Å². The third kappa shape index (κ3) is 4.50. The molecule has 9 heteroatoms. The molecular formula is C15H20BrF3N2O2S. The molecule has 1 heterocycles. The van der Waals surface area contributed by atoms with Gasteiger partial charge in [0.2, 0.25) is 10.0 Å². The minimum absolute atomic E-state index is 0.172. The second kappa shape index (κ2) is 7.31. The molecule has 1 aromatic rings. The topological polar surface area (TPSA) is 58.2 Å². The summed E-state index contributed by atoms with van der Waals surface area (Å²) in [6.07, 6.45) is -3.65. The number of hydrogen-bond donors (Lipinski definition) is 2. The molecule has 0 spiro atoms. The van der Waals surface area contributed by atoms with Crippen LogP contribution in [0.15, 0.2) is 21.5 Å². The van der Waals surface area contributed by atoms with Crippen LogP contribution in [-0.4, -0.2) is 27.5 Å². The zero-order valence-corrected chi connectivity index (χ0v) is 15.8. The quantitative estimate of drug-likeness (QED) is 0.769. The lowest BCUT2D eigenvalue weighted by atomic mass is 10.0. The van der Waals surface area contributed by atoms with Crippen molar-refractivity contribution in [3.05, 3.63) is 27.7 Å². The van der Waals surface area contributed by atoms with Gasteiger partial charge in [-0.15, -0.1) is 0 Å². The first-order valence-corrected chi connectivity index (χ1v) is 9.93. The summed E-state index contributed by atoms with van der Waals surface area (Å²) in [6, 6.07) is 1.62. The van der Waals surface area contributed by atoms with E-state index in [9.17, 15) is 21.6 Å². The van der Waals surface area contributed by atoms with Gasteiger partial charge < -0.3 is 5.32 Å². The molecule has 2 rings (SSSR count). The number of halogens is 4. The smallest absolute Gasteiger partial charge is 0.317 e. The van der Waals surface area contributed by atoms with Gasteiger partial charge in [-0.25, -0.2) is 13.1 Å². The maximum atomic E-state index is 13.4. The molecule has 1 fully saturated rings. The summed E-state index contributed by atoms with van der Waals surface area (Å²) in [5.41, 5.74) is -0.709. The van der Waals surface area contributed by atoms with Crippen molar-refractivity contribution in [2.24, 2.45) is 0 Å². The van der Waals surface area contributed by atoms with E-state index in [1.54, 1.807) is 13.8 Å². The summed E-state index contributed by atoms with van der Waals surface area (Å²) in [4.78, 5) is -0.732. The van der Waals surface area contributed by atoms with Crippen LogP contribution >= 0.6 is 15.9 Å². The van der Waals surface area contributed by atoms with Crippen molar-refractivity contribution in [3.8, 4) is 0 Å². The van der Waals surface area contributed by atoms with E-state index in [1.807, 2.05) is 0 Å². The van der Waals surface area contributed by atoms with E-state index in [2.05, 4.69) is 26.0 Å². The molecule has 0 saturated carbocycles.